The molecule has 0 saturated carbocycles. The molecule has 0 bridgehead atoms. The summed E-state index contributed by atoms with van der Waals surface area (Å²) in [5, 5.41) is 3.21. The quantitative estimate of drug-likeness (QED) is 0.878. The molecule has 1 N–H and O–H groups in total. The van der Waals surface area contributed by atoms with Crippen LogP contribution >= 0.6 is 0 Å². The van der Waals surface area contributed by atoms with Gasteiger partial charge in [0.05, 0.1) is 19.6 Å². The van der Waals surface area contributed by atoms with Crippen molar-refractivity contribution in [3.05, 3.63) is 59.9 Å². The molecule has 1 aromatic carbocycles. The SMILES string of the molecule is COc1ccccc1CC(=O)NC(c1cccnc1)C1CCOCC1. The second-order valence-corrected chi connectivity index (χ2v) is 6.27. The van der Waals surface area contributed by atoms with E-state index in [1.807, 2.05) is 42.6 Å². The average molecular weight is 340 g/mol. The molecule has 132 valence electrons. The number of methoxy groups -OCH3 is 1. The Balaban J connectivity index is 1.74. The van der Waals surface area contributed by atoms with Gasteiger partial charge in [-0.25, -0.2) is 0 Å². The lowest BCUT2D eigenvalue weighted by atomic mass is 9.87. The van der Waals surface area contributed by atoms with Crippen molar-refractivity contribution in [2.45, 2.75) is 25.3 Å². The van der Waals surface area contributed by atoms with Crippen molar-refractivity contribution in [1.82, 2.24) is 10.3 Å². The predicted octanol–water partition coefficient (Wildman–Crippen LogP) is 2.92. The minimum Gasteiger partial charge on any atom is -0.496 e. The normalized spacial score (nSPS) is 16.2. The Kier molecular flexibility index (Phi) is 6.01. The fraction of sp³-hybridized carbons (Fsp3) is 0.400. The van der Waals surface area contributed by atoms with E-state index in [1.54, 1.807) is 13.3 Å². The van der Waals surface area contributed by atoms with Crippen molar-refractivity contribution in [3.63, 3.8) is 0 Å². The van der Waals surface area contributed by atoms with Gasteiger partial charge in [0.2, 0.25) is 5.91 Å². The first kappa shape index (κ1) is 17.4. The molecule has 0 aliphatic carbocycles. The first-order valence-corrected chi connectivity index (χ1v) is 8.67. The van der Waals surface area contributed by atoms with Crippen LogP contribution in [-0.4, -0.2) is 31.2 Å². The number of carbonyl (C=O) groups is 1. The predicted molar refractivity (Wildman–Crippen MR) is 95.4 cm³/mol. The monoisotopic (exact) mass is 340 g/mol. The molecule has 1 aliphatic rings. The minimum absolute atomic E-state index is 0.00940. The maximum absolute atomic E-state index is 12.7. The number of hydrogen-bond donors (Lipinski definition) is 1. The fourth-order valence-electron chi connectivity index (χ4n) is 3.33. The van der Waals surface area contributed by atoms with Gasteiger partial charge in [-0.15, -0.1) is 0 Å². The molecule has 1 amide bonds. The standard InChI is InChI=1S/C20H24N2O3/c1-24-18-7-3-2-5-16(18)13-19(23)22-20(15-8-11-25-12-9-15)17-6-4-10-21-14-17/h2-7,10,14-15,20H,8-9,11-13H2,1H3,(H,22,23). The van der Waals surface area contributed by atoms with Gasteiger partial charge in [-0.3, -0.25) is 9.78 Å². The van der Waals surface area contributed by atoms with Crippen LogP contribution in [0.2, 0.25) is 0 Å². The molecule has 3 rings (SSSR count). The molecule has 1 aromatic heterocycles. The van der Waals surface area contributed by atoms with Crippen LogP contribution in [0.15, 0.2) is 48.8 Å². The summed E-state index contributed by atoms with van der Waals surface area (Å²) in [6, 6.07) is 11.5. The Labute approximate surface area is 148 Å². The zero-order valence-corrected chi connectivity index (χ0v) is 14.5. The maximum Gasteiger partial charge on any atom is 0.225 e. The molecule has 1 atom stereocenters. The van der Waals surface area contributed by atoms with Crippen molar-refractivity contribution < 1.29 is 14.3 Å². The second kappa shape index (κ2) is 8.62. The summed E-state index contributed by atoms with van der Waals surface area (Å²) in [6.07, 6.45) is 5.76. The van der Waals surface area contributed by atoms with Crippen LogP contribution < -0.4 is 10.1 Å². The van der Waals surface area contributed by atoms with Gasteiger partial charge >= 0.3 is 0 Å². The average Bonchev–Trinajstić information content (AvgIpc) is 2.68. The fourth-order valence-corrected chi connectivity index (χ4v) is 3.33. The van der Waals surface area contributed by atoms with Crippen LogP contribution in [0.25, 0.3) is 0 Å². The van der Waals surface area contributed by atoms with E-state index in [0.29, 0.717) is 12.3 Å². The number of hydrogen-bond acceptors (Lipinski definition) is 4. The number of nitrogens with zero attached hydrogens (tertiary/aromatic N) is 1. The Morgan fingerprint density at radius 3 is 2.80 bits per heavy atom. The Hall–Kier alpha value is -2.40. The molecular formula is C20H24N2O3. The van der Waals surface area contributed by atoms with E-state index in [4.69, 9.17) is 9.47 Å². The van der Waals surface area contributed by atoms with Gasteiger partial charge in [0.25, 0.3) is 0 Å². The van der Waals surface area contributed by atoms with E-state index in [-0.39, 0.29) is 11.9 Å². The Morgan fingerprint density at radius 2 is 2.08 bits per heavy atom. The molecule has 0 spiro atoms. The van der Waals surface area contributed by atoms with Gasteiger partial charge in [0, 0.05) is 31.2 Å². The van der Waals surface area contributed by atoms with E-state index >= 15 is 0 Å². The summed E-state index contributed by atoms with van der Waals surface area (Å²) >= 11 is 0. The van der Waals surface area contributed by atoms with E-state index < -0.39 is 0 Å². The lowest BCUT2D eigenvalue weighted by Crippen LogP contribution is -2.36. The van der Waals surface area contributed by atoms with Crippen molar-refractivity contribution in [1.29, 1.82) is 0 Å². The molecule has 1 aliphatic heterocycles. The number of para-hydroxylation sites is 1. The number of amides is 1. The van der Waals surface area contributed by atoms with Crippen molar-refractivity contribution >= 4 is 5.91 Å². The van der Waals surface area contributed by atoms with Gasteiger partial charge < -0.3 is 14.8 Å². The zero-order chi connectivity index (χ0) is 17.5. The van der Waals surface area contributed by atoms with E-state index in [2.05, 4.69) is 10.3 Å². The minimum atomic E-state index is -0.0418. The number of pyridine rings is 1. The molecule has 2 aromatic rings. The highest BCUT2D eigenvalue weighted by Gasteiger charge is 2.27. The largest absolute Gasteiger partial charge is 0.496 e. The van der Waals surface area contributed by atoms with Crippen LogP contribution in [0.3, 0.4) is 0 Å². The van der Waals surface area contributed by atoms with Gasteiger partial charge in [0.15, 0.2) is 0 Å². The molecule has 25 heavy (non-hydrogen) atoms. The first-order chi connectivity index (χ1) is 12.3. The highest BCUT2D eigenvalue weighted by atomic mass is 16.5. The Bertz CT molecular complexity index is 684. The van der Waals surface area contributed by atoms with Crippen LogP contribution in [0.5, 0.6) is 5.75 Å². The maximum atomic E-state index is 12.7. The molecule has 5 heteroatoms. The molecule has 1 fully saturated rings. The lowest BCUT2D eigenvalue weighted by Gasteiger charge is -2.31. The van der Waals surface area contributed by atoms with Crippen molar-refractivity contribution in [3.8, 4) is 5.75 Å². The smallest absolute Gasteiger partial charge is 0.225 e. The summed E-state index contributed by atoms with van der Waals surface area (Å²) in [6.45, 7) is 1.48. The highest BCUT2D eigenvalue weighted by molar-refractivity contribution is 5.79. The molecular weight excluding hydrogens is 316 g/mol. The summed E-state index contributed by atoms with van der Waals surface area (Å²) in [7, 11) is 1.62. The van der Waals surface area contributed by atoms with Gasteiger partial charge in [0.1, 0.15) is 5.75 Å². The molecule has 0 radical (unpaired) electrons. The molecule has 5 nitrogen and oxygen atoms in total. The third-order valence-electron chi connectivity index (χ3n) is 4.64. The number of rotatable bonds is 6. The van der Waals surface area contributed by atoms with Crippen LogP contribution in [0.1, 0.15) is 30.0 Å². The molecule has 1 unspecified atom stereocenters. The third-order valence-corrected chi connectivity index (χ3v) is 4.64. The number of aromatic nitrogens is 1. The van der Waals surface area contributed by atoms with Crippen LogP contribution in [0, 0.1) is 5.92 Å². The zero-order valence-electron chi connectivity index (χ0n) is 14.5. The second-order valence-electron chi connectivity index (χ2n) is 6.27. The van der Waals surface area contributed by atoms with Crippen LogP contribution in [-0.2, 0) is 16.0 Å². The first-order valence-electron chi connectivity index (χ1n) is 8.67. The highest BCUT2D eigenvalue weighted by Crippen LogP contribution is 2.30. The van der Waals surface area contributed by atoms with Gasteiger partial charge in [-0.05, 0) is 36.5 Å². The van der Waals surface area contributed by atoms with Gasteiger partial charge in [-0.2, -0.15) is 0 Å². The summed E-state index contributed by atoms with van der Waals surface area (Å²) in [5.41, 5.74) is 1.93. The summed E-state index contributed by atoms with van der Waals surface area (Å²) in [4.78, 5) is 16.9. The van der Waals surface area contributed by atoms with E-state index in [1.165, 1.54) is 0 Å². The topological polar surface area (TPSA) is 60.5 Å². The number of nitrogens with one attached hydrogen (secondary N) is 1. The third kappa shape index (κ3) is 4.57. The number of ether oxygens (including phenoxy) is 2. The van der Waals surface area contributed by atoms with Crippen LogP contribution in [0.4, 0.5) is 0 Å². The molecule has 2 heterocycles. The van der Waals surface area contributed by atoms with E-state index in [0.717, 1.165) is 42.9 Å². The van der Waals surface area contributed by atoms with Crippen molar-refractivity contribution in [2.75, 3.05) is 20.3 Å². The number of carbonyl (C=O) groups excluding carboxylic acids is 1. The summed E-state index contributed by atoms with van der Waals surface area (Å²) < 4.78 is 10.8. The molecule has 1 saturated heterocycles. The van der Waals surface area contributed by atoms with Gasteiger partial charge in [-0.1, -0.05) is 24.3 Å². The Morgan fingerprint density at radius 1 is 1.28 bits per heavy atom. The summed E-state index contributed by atoms with van der Waals surface area (Å²) in [5.74, 6) is 1.09. The number of benzene rings is 1. The van der Waals surface area contributed by atoms with E-state index in [9.17, 15) is 4.79 Å². The lowest BCUT2D eigenvalue weighted by molar-refractivity contribution is -0.121. The van der Waals surface area contributed by atoms with Crippen molar-refractivity contribution in [2.24, 2.45) is 5.92 Å².